The maximum atomic E-state index is 12.8. The van der Waals surface area contributed by atoms with Crippen LogP contribution in [0.1, 0.15) is 26.4 Å². The predicted octanol–water partition coefficient (Wildman–Crippen LogP) is 2.30. The van der Waals surface area contributed by atoms with E-state index in [4.69, 9.17) is 17.3 Å². The molecule has 9 heteroatoms. The number of anilines is 1. The average molecular weight is 405 g/mol. The highest BCUT2D eigenvalue weighted by Crippen LogP contribution is 2.25. The summed E-state index contributed by atoms with van der Waals surface area (Å²) in [6.45, 7) is 1.93. The topological polar surface area (TPSA) is 105 Å². The zero-order chi connectivity index (χ0) is 19.6. The highest BCUT2D eigenvalue weighted by molar-refractivity contribution is 7.99. The van der Waals surface area contributed by atoms with Crippen LogP contribution in [0.5, 0.6) is 0 Å². The van der Waals surface area contributed by atoms with E-state index in [1.54, 1.807) is 6.07 Å². The summed E-state index contributed by atoms with van der Waals surface area (Å²) in [5, 5.41) is 2.70. The molecule has 0 bridgehead atoms. The third-order valence-electron chi connectivity index (χ3n) is 4.06. The molecule has 2 aromatic rings. The first-order valence-corrected chi connectivity index (χ1v) is 9.62. The van der Waals surface area contributed by atoms with Crippen molar-refractivity contribution in [3.8, 4) is 0 Å². The third kappa shape index (κ3) is 4.23. The number of carbonyl (C=O) groups excluding carboxylic acids is 3. The van der Waals surface area contributed by atoms with E-state index in [1.165, 1.54) is 28.8 Å². The van der Waals surface area contributed by atoms with Crippen LogP contribution in [0.2, 0.25) is 5.15 Å². The quantitative estimate of drug-likeness (QED) is 0.760. The minimum absolute atomic E-state index is 0.0396. The Morgan fingerprint density at radius 2 is 2.07 bits per heavy atom. The first kappa shape index (κ1) is 19.2. The lowest BCUT2D eigenvalue weighted by Gasteiger charge is -2.23. The number of pyridine rings is 1. The fraction of sp³-hybridized carbons (Fsp3) is 0.222. The molecule has 1 aliphatic heterocycles. The van der Waals surface area contributed by atoms with Crippen molar-refractivity contribution in [3.05, 3.63) is 58.4 Å². The summed E-state index contributed by atoms with van der Waals surface area (Å²) in [7, 11) is 0. The molecule has 0 spiro atoms. The number of rotatable bonds is 4. The number of nitrogens with two attached hydrogens (primary N) is 1. The Morgan fingerprint density at radius 1 is 1.30 bits per heavy atom. The first-order chi connectivity index (χ1) is 12.9. The molecule has 1 aromatic carbocycles. The Kier molecular flexibility index (Phi) is 5.67. The Labute approximate surface area is 165 Å². The van der Waals surface area contributed by atoms with Gasteiger partial charge in [0.1, 0.15) is 16.9 Å². The molecule has 2 heterocycles. The maximum Gasteiger partial charge on any atom is 0.273 e. The van der Waals surface area contributed by atoms with Gasteiger partial charge in [-0.3, -0.25) is 14.4 Å². The van der Waals surface area contributed by atoms with Gasteiger partial charge in [0.2, 0.25) is 5.91 Å². The Bertz CT molecular complexity index is 921. The van der Waals surface area contributed by atoms with E-state index in [1.807, 2.05) is 25.1 Å². The second-order valence-corrected chi connectivity index (χ2v) is 7.41. The van der Waals surface area contributed by atoms with E-state index < -0.39 is 17.9 Å². The Balaban J connectivity index is 1.77. The van der Waals surface area contributed by atoms with Crippen LogP contribution < -0.4 is 11.1 Å². The lowest BCUT2D eigenvalue weighted by molar-refractivity contribution is -0.119. The Morgan fingerprint density at radius 3 is 2.74 bits per heavy atom. The molecule has 140 valence electrons. The van der Waals surface area contributed by atoms with E-state index in [2.05, 4.69) is 10.3 Å². The van der Waals surface area contributed by atoms with Crippen molar-refractivity contribution in [1.82, 2.24) is 9.88 Å². The number of primary amides is 1. The molecule has 3 amide bonds. The number of nitrogens with one attached hydrogen (secondary N) is 1. The van der Waals surface area contributed by atoms with Crippen molar-refractivity contribution in [3.63, 3.8) is 0 Å². The maximum absolute atomic E-state index is 12.8. The zero-order valence-corrected chi connectivity index (χ0v) is 16.0. The van der Waals surface area contributed by atoms with Crippen LogP contribution in [0.4, 0.5) is 5.69 Å². The molecule has 27 heavy (non-hydrogen) atoms. The number of hydrogen-bond acceptors (Lipinski definition) is 5. The van der Waals surface area contributed by atoms with Gasteiger partial charge in [0, 0.05) is 11.4 Å². The van der Waals surface area contributed by atoms with Crippen LogP contribution in [0, 0.1) is 6.92 Å². The fourth-order valence-electron chi connectivity index (χ4n) is 2.69. The van der Waals surface area contributed by atoms with E-state index in [9.17, 15) is 14.4 Å². The highest BCUT2D eigenvalue weighted by Gasteiger charge is 2.36. The smallest absolute Gasteiger partial charge is 0.273 e. The minimum atomic E-state index is -0.723. The number of halogens is 1. The van der Waals surface area contributed by atoms with Crippen molar-refractivity contribution >= 4 is 46.8 Å². The van der Waals surface area contributed by atoms with E-state index >= 15 is 0 Å². The van der Waals surface area contributed by atoms with Gasteiger partial charge < -0.3 is 16.0 Å². The van der Waals surface area contributed by atoms with Crippen molar-refractivity contribution in [2.45, 2.75) is 13.0 Å². The number of aryl methyl sites for hydroxylation is 1. The summed E-state index contributed by atoms with van der Waals surface area (Å²) in [5.74, 6) is -0.572. The summed E-state index contributed by atoms with van der Waals surface area (Å²) < 4.78 is 0. The van der Waals surface area contributed by atoms with Gasteiger partial charge in [-0.25, -0.2) is 4.98 Å². The monoisotopic (exact) mass is 404 g/mol. The molecule has 1 fully saturated rings. The molecule has 0 radical (unpaired) electrons. The molecule has 3 N–H and O–H groups in total. The summed E-state index contributed by atoms with van der Waals surface area (Å²) in [5.41, 5.74) is 6.99. The lowest BCUT2D eigenvalue weighted by atomic mass is 10.2. The van der Waals surface area contributed by atoms with Crippen molar-refractivity contribution < 1.29 is 14.4 Å². The number of carbonyl (C=O) groups is 3. The molecule has 1 aromatic heterocycles. The first-order valence-electron chi connectivity index (χ1n) is 8.09. The van der Waals surface area contributed by atoms with Gasteiger partial charge in [-0.1, -0.05) is 23.7 Å². The van der Waals surface area contributed by atoms with Crippen LogP contribution in [-0.4, -0.2) is 45.3 Å². The van der Waals surface area contributed by atoms with Crippen molar-refractivity contribution in [1.29, 1.82) is 0 Å². The van der Waals surface area contributed by atoms with Gasteiger partial charge in [0.15, 0.2) is 0 Å². The van der Waals surface area contributed by atoms with Gasteiger partial charge >= 0.3 is 0 Å². The summed E-state index contributed by atoms with van der Waals surface area (Å²) in [6.07, 6.45) is 0. The SMILES string of the molecule is Cc1cccc(NC(=O)C2CSCN2C(=O)c2ccc(C(N)=O)c(Cl)n2)c1. The number of benzene rings is 1. The largest absolute Gasteiger partial charge is 0.366 e. The standard InChI is InChI=1S/C18H17ClN4O3S/c1-10-3-2-4-11(7-10)21-17(25)14-8-27-9-23(14)18(26)13-6-5-12(16(20)24)15(19)22-13/h2-7,14H,8-9H2,1H3,(H2,20,24)(H,21,25). The molecule has 0 saturated carbocycles. The highest BCUT2D eigenvalue weighted by atomic mass is 35.5. The predicted molar refractivity (Wildman–Crippen MR) is 105 cm³/mol. The number of thioether (sulfide) groups is 1. The number of aromatic nitrogens is 1. The number of amides is 3. The average Bonchev–Trinajstić information content (AvgIpc) is 3.10. The molecule has 0 aliphatic carbocycles. The normalized spacial score (nSPS) is 16.2. The van der Waals surface area contributed by atoms with Gasteiger partial charge in [-0.15, -0.1) is 11.8 Å². The van der Waals surface area contributed by atoms with Gasteiger partial charge in [0.05, 0.1) is 11.4 Å². The van der Waals surface area contributed by atoms with Crippen LogP contribution >= 0.6 is 23.4 Å². The Hall–Kier alpha value is -2.58. The molecular formula is C18H17ClN4O3S. The second-order valence-electron chi connectivity index (χ2n) is 6.05. The third-order valence-corrected chi connectivity index (χ3v) is 5.37. The van der Waals surface area contributed by atoms with Gasteiger partial charge in [0.25, 0.3) is 11.8 Å². The number of nitrogens with zero attached hydrogens (tertiary/aromatic N) is 2. The molecular weight excluding hydrogens is 388 g/mol. The van der Waals surface area contributed by atoms with Gasteiger partial charge in [-0.2, -0.15) is 0 Å². The molecule has 1 atom stereocenters. The number of hydrogen-bond donors (Lipinski definition) is 2. The van der Waals surface area contributed by atoms with E-state index in [-0.39, 0.29) is 22.3 Å². The second kappa shape index (κ2) is 7.98. The summed E-state index contributed by atoms with van der Waals surface area (Å²) in [6, 6.07) is 9.55. The van der Waals surface area contributed by atoms with Gasteiger partial charge in [-0.05, 0) is 36.8 Å². The summed E-state index contributed by atoms with van der Waals surface area (Å²) >= 11 is 7.41. The minimum Gasteiger partial charge on any atom is -0.366 e. The van der Waals surface area contributed by atoms with E-state index in [0.29, 0.717) is 17.3 Å². The van der Waals surface area contributed by atoms with Crippen molar-refractivity contribution in [2.75, 3.05) is 16.9 Å². The zero-order valence-electron chi connectivity index (χ0n) is 14.4. The van der Waals surface area contributed by atoms with E-state index in [0.717, 1.165) is 5.56 Å². The molecule has 7 nitrogen and oxygen atoms in total. The van der Waals surface area contributed by atoms with Crippen LogP contribution in [0.25, 0.3) is 0 Å². The van der Waals surface area contributed by atoms with Crippen LogP contribution in [-0.2, 0) is 4.79 Å². The molecule has 1 aliphatic rings. The summed E-state index contributed by atoms with van der Waals surface area (Å²) in [4.78, 5) is 42.1. The van der Waals surface area contributed by atoms with Crippen LogP contribution in [0.15, 0.2) is 36.4 Å². The molecule has 3 rings (SSSR count). The lowest BCUT2D eigenvalue weighted by Crippen LogP contribution is -2.44. The molecule has 1 saturated heterocycles. The van der Waals surface area contributed by atoms with Crippen LogP contribution in [0.3, 0.4) is 0 Å². The fourth-order valence-corrected chi connectivity index (χ4v) is 4.09. The molecule has 1 unspecified atom stereocenters. The van der Waals surface area contributed by atoms with Crippen molar-refractivity contribution in [2.24, 2.45) is 5.73 Å².